The first-order valence-electron chi connectivity index (χ1n) is 8.82. The molecular weight excluding hydrogens is 385 g/mol. The Morgan fingerprint density at radius 3 is 2.46 bits per heavy atom. The second-order valence-corrected chi connectivity index (χ2v) is 8.33. The Balaban J connectivity index is 1.66. The summed E-state index contributed by atoms with van der Waals surface area (Å²) in [5.41, 5.74) is 0.846. The van der Waals surface area contributed by atoms with Crippen LogP contribution < -0.4 is 10.1 Å². The van der Waals surface area contributed by atoms with Crippen molar-refractivity contribution < 1.29 is 22.3 Å². The van der Waals surface area contributed by atoms with Gasteiger partial charge in [0.15, 0.2) is 0 Å². The second-order valence-electron chi connectivity index (χ2n) is 6.40. The van der Waals surface area contributed by atoms with E-state index in [1.54, 1.807) is 37.4 Å². The van der Waals surface area contributed by atoms with E-state index in [2.05, 4.69) is 5.32 Å². The third kappa shape index (κ3) is 4.67. The minimum atomic E-state index is -3.79. The summed E-state index contributed by atoms with van der Waals surface area (Å²) in [5, 5.41) is 2.42. The van der Waals surface area contributed by atoms with Gasteiger partial charge >= 0.3 is 0 Å². The van der Waals surface area contributed by atoms with Crippen LogP contribution in [0.25, 0.3) is 0 Å². The molecule has 0 atom stereocenters. The fraction of sp³-hybridized carbons (Fsp3) is 0.316. The van der Waals surface area contributed by atoms with Crippen molar-refractivity contribution in [1.82, 2.24) is 8.61 Å². The first kappa shape index (κ1) is 20.2. The summed E-state index contributed by atoms with van der Waals surface area (Å²) in [5.74, 6) is -0.463. The van der Waals surface area contributed by atoms with Gasteiger partial charge in [-0.2, -0.15) is 17.0 Å². The number of ether oxygens (including phenoxy) is 1. The van der Waals surface area contributed by atoms with Crippen LogP contribution in [0.1, 0.15) is 12.0 Å². The summed E-state index contributed by atoms with van der Waals surface area (Å²) in [6, 6.07) is 12.9. The summed E-state index contributed by atoms with van der Waals surface area (Å²) in [7, 11) is -2.23. The van der Waals surface area contributed by atoms with Gasteiger partial charge in [0.05, 0.1) is 19.3 Å². The number of methoxy groups -OCH3 is 1. The van der Waals surface area contributed by atoms with Gasteiger partial charge in [-0.25, -0.2) is 4.39 Å². The number of hydrogen-bond donors (Lipinski definition) is 1. The minimum Gasteiger partial charge on any atom is -0.497 e. The van der Waals surface area contributed by atoms with Crippen molar-refractivity contribution in [2.45, 2.75) is 13.0 Å². The van der Waals surface area contributed by atoms with E-state index in [-0.39, 0.29) is 25.3 Å². The highest BCUT2D eigenvalue weighted by molar-refractivity contribution is 7.86. The van der Waals surface area contributed by atoms with Crippen LogP contribution in [0.2, 0.25) is 0 Å². The number of benzene rings is 2. The molecule has 0 aliphatic carbocycles. The molecule has 1 aliphatic heterocycles. The van der Waals surface area contributed by atoms with Gasteiger partial charge in [0.25, 0.3) is 10.2 Å². The SMILES string of the molecule is COc1ccc(CN2CCCN(CC(=O)Nc3ccccc3F)S2(=O)=O)cc1. The first-order valence-corrected chi connectivity index (χ1v) is 10.2. The number of nitrogens with one attached hydrogen (secondary N) is 1. The highest BCUT2D eigenvalue weighted by atomic mass is 32.2. The van der Waals surface area contributed by atoms with E-state index in [9.17, 15) is 17.6 Å². The molecule has 1 heterocycles. The smallest absolute Gasteiger partial charge is 0.282 e. The number of amides is 1. The molecule has 9 heteroatoms. The number of carbonyl (C=O) groups is 1. The Hall–Kier alpha value is -2.49. The lowest BCUT2D eigenvalue weighted by atomic mass is 10.2. The Bertz CT molecular complexity index is 934. The van der Waals surface area contributed by atoms with Gasteiger partial charge in [-0.05, 0) is 36.2 Å². The number of halogens is 1. The lowest BCUT2D eigenvalue weighted by Crippen LogP contribution is -2.51. The molecule has 28 heavy (non-hydrogen) atoms. The van der Waals surface area contributed by atoms with Gasteiger partial charge in [-0.3, -0.25) is 4.79 Å². The molecule has 0 saturated carbocycles. The van der Waals surface area contributed by atoms with Gasteiger partial charge in [0.1, 0.15) is 11.6 Å². The Morgan fingerprint density at radius 1 is 1.11 bits per heavy atom. The van der Waals surface area contributed by atoms with Gasteiger partial charge in [0.2, 0.25) is 5.91 Å². The molecule has 0 unspecified atom stereocenters. The van der Waals surface area contributed by atoms with Crippen LogP contribution in [0.4, 0.5) is 10.1 Å². The molecule has 1 aliphatic rings. The third-order valence-corrected chi connectivity index (χ3v) is 6.38. The minimum absolute atomic E-state index is 0.0250. The molecule has 150 valence electrons. The average Bonchev–Trinajstić information content (AvgIpc) is 2.67. The van der Waals surface area contributed by atoms with Gasteiger partial charge in [-0.15, -0.1) is 0 Å². The second kappa shape index (κ2) is 8.68. The van der Waals surface area contributed by atoms with E-state index in [0.29, 0.717) is 18.7 Å². The monoisotopic (exact) mass is 407 g/mol. The van der Waals surface area contributed by atoms with Crippen molar-refractivity contribution in [3.8, 4) is 5.75 Å². The van der Waals surface area contributed by atoms with E-state index in [1.807, 2.05) is 0 Å². The summed E-state index contributed by atoms with van der Waals surface area (Å²) >= 11 is 0. The summed E-state index contributed by atoms with van der Waals surface area (Å²) in [6.07, 6.45) is 0.600. The zero-order chi connectivity index (χ0) is 20.1. The molecule has 0 bridgehead atoms. The van der Waals surface area contributed by atoms with Gasteiger partial charge in [0, 0.05) is 19.6 Å². The lowest BCUT2D eigenvalue weighted by molar-refractivity contribution is -0.116. The van der Waals surface area contributed by atoms with Crippen molar-refractivity contribution in [3.63, 3.8) is 0 Å². The number of anilines is 1. The summed E-state index contributed by atoms with van der Waals surface area (Å²) in [6.45, 7) is 0.458. The van der Waals surface area contributed by atoms with Crippen LogP contribution in [0.15, 0.2) is 48.5 Å². The molecule has 1 saturated heterocycles. The third-order valence-electron chi connectivity index (χ3n) is 4.45. The summed E-state index contributed by atoms with van der Waals surface area (Å²) < 4.78 is 47.0. The maximum absolute atomic E-state index is 13.7. The molecule has 0 spiro atoms. The Labute approximate surface area is 163 Å². The number of carbonyl (C=O) groups excluding carboxylic acids is 1. The van der Waals surface area contributed by atoms with Crippen molar-refractivity contribution in [2.75, 3.05) is 32.1 Å². The number of rotatable bonds is 6. The maximum atomic E-state index is 13.7. The van der Waals surface area contributed by atoms with E-state index < -0.39 is 21.9 Å². The molecular formula is C19H22FN3O4S. The highest BCUT2D eigenvalue weighted by Crippen LogP contribution is 2.21. The molecule has 7 nitrogen and oxygen atoms in total. The van der Waals surface area contributed by atoms with E-state index in [0.717, 1.165) is 9.87 Å². The Kier molecular flexibility index (Phi) is 6.28. The van der Waals surface area contributed by atoms with Crippen LogP contribution in [0.5, 0.6) is 5.75 Å². The van der Waals surface area contributed by atoms with Gasteiger partial charge < -0.3 is 10.1 Å². The standard InChI is InChI=1S/C19H22FN3O4S/c1-27-16-9-7-15(8-10-16)13-22-11-4-12-23(28(22,25)26)14-19(24)21-18-6-3-2-5-17(18)20/h2-3,5-10H,4,11-14H2,1H3,(H,21,24). The topological polar surface area (TPSA) is 79.0 Å². The van der Waals surface area contributed by atoms with Crippen LogP contribution >= 0.6 is 0 Å². The predicted molar refractivity (Wildman–Crippen MR) is 104 cm³/mol. The summed E-state index contributed by atoms with van der Waals surface area (Å²) in [4.78, 5) is 12.2. The van der Waals surface area contributed by atoms with Crippen molar-refractivity contribution >= 4 is 21.8 Å². The molecule has 1 amide bonds. The van der Waals surface area contributed by atoms with Crippen LogP contribution in [0, 0.1) is 5.82 Å². The zero-order valence-corrected chi connectivity index (χ0v) is 16.3. The van der Waals surface area contributed by atoms with E-state index >= 15 is 0 Å². The average molecular weight is 407 g/mol. The number of para-hydroxylation sites is 1. The fourth-order valence-corrected chi connectivity index (χ4v) is 4.62. The largest absolute Gasteiger partial charge is 0.497 e. The lowest BCUT2D eigenvalue weighted by Gasteiger charge is -2.34. The van der Waals surface area contributed by atoms with E-state index in [1.165, 1.54) is 22.5 Å². The fourth-order valence-electron chi connectivity index (χ4n) is 2.99. The van der Waals surface area contributed by atoms with Crippen LogP contribution in [-0.4, -0.2) is 49.7 Å². The van der Waals surface area contributed by atoms with Gasteiger partial charge in [-0.1, -0.05) is 24.3 Å². The molecule has 3 rings (SSSR count). The van der Waals surface area contributed by atoms with Crippen molar-refractivity contribution in [2.24, 2.45) is 0 Å². The predicted octanol–water partition coefficient (Wildman–Crippen LogP) is 2.23. The first-order chi connectivity index (χ1) is 13.4. The van der Waals surface area contributed by atoms with Crippen LogP contribution in [0.3, 0.4) is 0 Å². The van der Waals surface area contributed by atoms with Crippen molar-refractivity contribution in [1.29, 1.82) is 0 Å². The normalized spacial score (nSPS) is 17.2. The molecule has 1 N–H and O–H groups in total. The molecule has 1 fully saturated rings. The number of nitrogens with zero attached hydrogens (tertiary/aromatic N) is 2. The quantitative estimate of drug-likeness (QED) is 0.797. The Morgan fingerprint density at radius 2 is 1.79 bits per heavy atom. The molecule has 2 aromatic carbocycles. The maximum Gasteiger partial charge on any atom is 0.282 e. The molecule has 0 aromatic heterocycles. The van der Waals surface area contributed by atoms with Crippen LogP contribution in [-0.2, 0) is 21.5 Å². The van der Waals surface area contributed by atoms with Crippen molar-refractivity contribution in [3.05, 3.63) is 59.9 Å². The number of hydrogen-bond acceptors (Lipinski definition) is 4. The molecule has 0 radical (unpaired) electrons. The molecule has 2 aromatic rings. The zero-order valence-electron chi connectivity index (χ0n) is 15.5. The van der Waals surface area contributed by atoms with E-state index in [4.69, 9.17) is 4.74 Å². The highest BCUT2D eigenvalue weighted by Gasteiger charge is 2.34.